The van der Waals surface area contributed by atoms with Gasteiger partial charge in [0.05, 0.1) is 0 Å². The Bertz CT molecular complexity index is 580. The number of amides is 2. The van der Waals surface area contributed by atoms with E-state index in [4.69, 9.17) is 0 Å². The molecule has 0 aliphatic heterocycles. The van der Waals surface area contributed by atoms with Crippen molar-refractivity contribution in [2.45, 2.75) is 76.9 Å². The molecule has 0 radical (unpaired) electrons. The van der Waals surface area contributed by atoms with Crippen LogP contribution in [0.3, 0.4) is 0 Å². The fourth-order valence-corrected chi connectivity index (χ4v) is 3.72. The molecule has 1 atom stereocenters. The molecule has 1 unspecified atom stereocenters. The highest BCUT2D eigenvalue weighted by molar-refractivity contribution is 5.87. The quantitative estimate of drug-likeness (QED) is 0.828. The maximum atomic E-state index is 12.9. The maximum absolute atomic E-state index is 12.9. The molecule has 0 saturated heterocycles. The molecule has 0 bridgehead atoms. The van der Waals surface area contributed by atoms with Crippen LogP contribution in [-0.2, 0) is 16.1 Å². The minimum absolute atomic E-state index is 0.0207. The Kier molecular flexibility index (Phi) is 6.05. The number of hydrogen-bond donors (Lipinski definition) is 1. The highest BCUT2D eigenvalue weighted by Crippen LogP contribution is 2.29. The number of carbonyl (C=O) groups excluding carboxylic acids is 2. The molecule has 136 valence electrons. The molecule has 2 amide bonds. The number of rotatable bonds is 7. The standard InChI is InChI=1S/C20H29N3O2/c1-15(22-19(24)13-16-5-3-2-4-6-16)20(25)23(18-7-8-18)14-17-9-11-21-12-10-17/h9-12,15-16,18H,2-8,13-14H2,1H3,(H,22,24). The fourth-order valence-electron chi connectivity index (χ4n) is 3.72. The Morgan fingerprint density at radius 2 is 1.84 bits per heavy atom. The first-order valence-corrected chi connectivity index (χ1v) is 9.62. The first-order chi connectivity index (χ1) is 12.1. The predicted octanol–water partition coefficient (Wildman–Crippen LogP) is 3.05. The topological polar surface area (TPSA) is 62.3 Å². The molecule has 2 aliphatic rings. The monoisotopic (exact) mass is 343 g/mol. The zero-order valence-corrected chi connectivity index (χ0v) is 15.1. The summed E-state index contributed by atoms with van der Waals surface area (Å²) in [5.41, 5.74) is 1.08. The summed E-state index contributed by atoms with van der Waals surface area (Å²) >= 11 is 0. The van der Waals surface area contributed by atoms with Crippen molar-refractivity contribution in [3.8, 4) is 0 Å². The molecule has 1 heterocycles. The Hall–Kier alpha value is -1.91. The van der Waals surface area contributed by atoms with Crippen LogP contribution in [0.25, 0.3) is 0 Å². The van der Waals surface area contributed by atoms with E-state index in [2.05, 4.69) is 10.3 Å². The largest absolute Gasteiger partial charge is 0.345 e. The van der Waals surface area contributed by atoms with Gasteiger partial charge in [-0.1, -0.05) is 19.3 Å². The van der Waals surface area contributed by atoms with E-state index in [0.29, 0.717) is 24.9 Å². The molecule has 2 saturated carbocycles. The van der Waals surface area contributed by atoms with E-state index < -0.39 is 6.04 Å². The van der Waals surface area contributed by atoms with E-state index in [0.717, 1.165) is 31.2 Å². The van der Waals surface area contributed by atoms with Crippen molar-refractivity contribution < 1.29 is 9.59 Å². The summed E-state index contributed by atoms with van der Waals surface area (Å²) in [4.78, 5) is 31.1. The minimum Gasteiger partial charge on any atom is -0.345 e. The third kappa shape index (κ3) is 5.28. The lowest BCUT2D eigenvalue weighted by Crippen LogP contribution is -2.47. The van der Waals surface area contributed by atoms with Crippen molar-refractivity contribution in [3.05, 3.63) is 30.1 Å². The van der Waals surface area contributed by atoms with Crippen LogP contribution in [0, 0.1) is 5.92 Å². The van der Waals surface area contributed by atoms with E-state index >= 15 is 0 Å². The van der Waals surface area contributed by atoms with Crippen molar-refractivity contribution in [2.24, 2.45) is 5.92 Å². The minimum atomic E-state index is -0.460. The first-order valence-electron chi connectivity index (χ1n) is 9.62. The molecule has 0 spiro atoms. The molecule has 0 aromatic carbocycles. The average molecular weight is 343 g/mol. The second-order valence-electron chi connectivity index (χ2n) is 7.55. The highest BCUT2D eigenvalue weighted by atomic mass is 16.2. The van der Waals surface area contributed by atoms with Gasteiger partial charge in [0.1, 0.15) is 6.04 Å². The molecule has 3 rings (SSSR count). The molecule has 5 heteroatoms. The number of aromatic nitrogens is 1. The molecular weight excluding hydrogens is 314 g/mol. The van der Waals surface area contributed by atoms with Crippen molar-refractivity contribution in [3.63, 3.8) is 0 Å². The van der Waals surface area contributed by atoms with E-state index in [-0.39, 0.29) is 11.8 Å². The van der Waals surface area contributed by atoms with Crippen molar-refractivity contribution >= 4 is 11.8 Å². The van der Waals surface area contributed by atoms with Gasteiger partial charge in [0, 0.05) is 31.4 Å². The van der Waals surface area contributed by atoms with Crippen molar-refractivity contribution in [1.82, 2.24) is 15.2 Å². The third-order valence-corrected chi connectivity index (χ3v) is 5.32. The fraction of sp³-hybridized carbons (Fsp3) is 0.650. The zero-order chi connectivity index (χ0) is 17.6. The van der Waals surface area contributed by atoms with Gasteiger partial charge < -0.3 is 10.2 Å². The predicted molar refractivity (Wildman–Crippen MR) is 96.6 cm³/mol. The van der Waals surface area contributed by atoms with Crippen LogP contribution in [0.1, 0.15) is 63.9 Å². The van der Waals surface area contributed by atoms with Crippen molar-refractivity contribution in [2.75, 3.05) is 0 Å². The van der Waals surface area contributed by atoms with Gasteiger partial charge in [0.2, 0.25) is 11.8 Å². The van der Waals surface area contributed by atoms with Crippen LogP contribution in [0.5, 0.6) is 0 Å². The molecule has 1 aromatic heterocycles. The molecular formula is C20H29N3O2. The Morgan fingerprint density at radius 1 is 1.16 bits per heavy atom. The normalized spacial score (nSPS) is 19.2. The first kappa shape index (κ1) is 17.9. The lowest BCUT2D eigenvalue weighted by Gasteiger charge is -2.27. The number of hydrogen-bond acceptors (Lipinski definition) is 3. The molecule has 2 fully saturated rings. The summed E-state index contributed by atoms with van der Waals surface area (Å²) in [5.74, 6) is 0.538. The van der Waals surface area contributed by atoms with E-state index in [1.54, 1.807) is 12.4 Å². The number of pyridine rings is 1. The van der Waals surface area contributed by atoms with Gasteiger partial charge in [-0.3, -0.25) is 14.6 Å². The highest BCUT2D eigenvalue weighted by Gasteiger charge is 2.35. The SMILES string of the molecule is CC(NC(=O)CC1CCCCC1)C(=O)N(Cc1ccncc1)C1CC1. The van der Waals surface area contributed by atoms with E-state index in [9.17, 15) is 9.59 Å². The second kappa shape index (κ2) is 8.45. The summed E-state index contributed by atoms with van der Waals surface area (Å²) in [6, 6.07) is 3.74. The van der Waals surface area contributed by atoms with Crippen LogP contribution >= 0.6 is 0 Å². The molecule has 1 aromatic rings. The van der Waals surface area contributed by atoms with Gasteiger partial charge in [-0.25, -0.2) is 0 Å². The Labute approximate surface area is 150 Å². The third-order valence-electron chi connectivity index (χ3n) is 5.32. The average Bonchev–Trinajstić information content (AvgIpc) is 3.45. The molecule has 2 aliphatic carbocycles. The number of nitrogens with zero attached hydrogens (tertiary/aromatic N) is 2. The zero-order valence-electron chi connectivity index (χ0n) is 15.1. The van der Waals surface area contributed by atoms with Crippen LogP contribution < -0.4 is 5.32 Å². The molecule has 1 N–H and O–H groups in total. The van der Waals surface area contributed by atoms with Crippen LogP contribution in [0.2, 0.25) is 0 Å². The van der Waals surface area contributed by atoms with Gasteiger partial charge >= 0.3 is 0 Å². The van der Waals surface area contributed by atoms with Gasteiger partial charge in [-0.15, -0.1) is 0 Å². The van der Waals surface area contributed by atoms with E-state index in [1.807, 2.05) is 24.0 Å². The van der Waals surface area contributed by atoms with Crippen LogP contribution in [0.4, 0.5) is 0 Å². The van der Waals surface area contributed by atoms with Crippen molar-refractivity contribution in [1.29, 1.82) is 0 Å². The van der Waals surface area contributed by atoms with Gasteiger partial charge in [0.25, 0.3) is 0 Å². The molecule has 25 heavy (non-hydrogen) atoms. The van der Waals surface area contributed by atoms with E-state index in [1.165, 1.54) is 19.3 Å². The summed E-state index contributed by atoms with van der Waals surface area (Å²) < 4.78 is 0. The maximum Gasteiger partial charge on any atom is 0.245 e. The van der Waals surface area contributed by atoms with Crippen LogP contribution in [0.15, 0.2) is 24.5 Å². The van der Waals surface area contributed by atoms with Crippen LogP contribution in [-0.4, -0.2) is 33.8 Å². The Balaban J connectivity index is 1.53. The van der Waals surface area contributed by atoms with Gasteiger partial charge in [-0.05, 0) is 56.2 Å². The smallest absolute Gasteiger partial charge is 0.245 e. The van der Waals surface area contributed by atoms with Gasteiger partial charge in [-0.2, -0.15) is 0 Å². The number of nitrogens with one attached hydrogen (secondary N) is 1. The molecule has 5 nitrogen and oxygen atoms in total. The summed E-state index contributed by atoms with van der Waals surface area (Å²) in [6.45, 7) is 2.40. The lowest BCUT2D eigenvalue weighted by molar-refractivity contribution is -0.137. The van der Waals surface area contributed by atoms with Gasteiger partial charge in [0.15, 0.2) is 0 Å². The lowest BCUT2D eigenvalue weighted by atomic mass is 9.87. The number of carbonyl (C=O) groups is 2. The Morgan fingerprint density at radius 3 is 2.48 bits per heavy atom. The second-order valence-corrected chi connectivity index (χ2v) is 7.55. The summed E-state index contributed by atoms with van der Waals surface area (Å²) in [7, 11) is 0. The summed E-state index contributed by atoms with van der Waals surface area (Å²) in [5, 5.41) is 2.93. The summed E-state index contributed by atoms with van der Waals surface area (Å²) in [6.07, 6.45) is 12.2.